The molecule has 0 spiro atoms. The Balaban J connectivity index is 3.46. The molecule has 0 aliphatic carbocycles. The monoisotopic (exact) mass is 676 g/mol. The summed E-state index contributed by atoms with van der Waals surface area (Å²) in [6.45, 7) is 0.127. The number of nitrogens with zero attached hydrogens (tertiary/aromatic N) is 1. The molecule has 0 saturated heterocycles. The van der Waals surface area contributed by atoms with Crippen LogP contribution in [0.4, 0.5) is 5.69 Å². The molecule has 0 bridgehead atoms. The smallest absolute Gasteiger partial charge is 0.253 e. The third-order valence-electron chi connectivity index (χ3n) is 2.99. The summed E-state index contributed by atoms with van der Waals surface area (Å²) in [6.07, 6.45) is -1.10. The lowest BCUT2D eigenvalue weighted by Gasteiger charge is -2.22. The number of aliphatic hydroxyl groups is 3. The number of hydrogen-bond acceptors (Lipinski definition) is 6. The molecule has 24 heavy (non-hydrogen) atoms. The molecule has 1 unspecified atom stereocenters. The van der Waals surface area contributed by atoms with Crippen molar-refractivity contribution in [1.29, 1.82) is 0 Å². The number of hydroxylamine groups is 1. The first-order valence-electron chi connectivity index (χ1n) is 6.54. The van der Waals surface area contributed by atoms with E-state index in [-0.39, 0.29) is 24.4 Å². The van der Waals surface area contributed by atoms with Crippen LogP contribution in [0.3, 0.4) is 0 Å². The third kappa shape index (κ3) is 4.88. The highest BCUT2D eigenvalue weighted by Crippen LogP contribution is 2.37. The molecule has 0 fully saturated rings. The number of carbonyl (C=O) groups is 2. The van der Waals surface area contributed by atoms with E-state index in [1.165, 1.54) is 6.92 Å². The van der Waals surface area contributed by atoms with Crippen molar-refractivity contribution in [1.82, 2.24) is 5.32 Å². The summed E-state index contributed by atoms with van der Waals surface area (Å²) in [7, 11) is 0. The van der Waals surface area contributed by atoms with Crippen LogP contribution in [0.25, 0.3) is 0 Å². The lowest BCUT2D eigenvalue weighted by molar-refractivity contribution is -0.121. The molecule has 8 nitrogen and oxygen atoms in total. The summed E-state index contributed by atoms with van der Waals surface area (Å²) in [4.78, 5) is 24.0. The minimum atomic E-state index is -1.10. The van der Waals surface area contributed by atoms with E-state index >= 15 is 0 Å². The number of benzene rings is 1. The first kappa shape index (κ1) is 22.2. The van der Waals surface area contributed by atoms with Gasteiger partial charge < -0.3 is 20.6 Å². The fourth-order valence-electron chi connectivity index (χ4n) is 1.75. The molecular formula is C13H15I3N2O6. The number of carbonyl (C=O) groups excluding carboxylic acids is 2. The average Bonchev–Trinajstić information content (AvgIpc) is 2.52. The van der Waals surface area contributed by atoms with Crippen molar-refractivity contribution in [2.75, 3.05) is 18.2 Å². The van der Waals surface area contributed by atoms with Gasteiger partial charge in [0.1, 0.15) is 5.69 Å². The molecule has 1 aromatic carbocycles. The maximum atomic E-state index is 12.4. The zero-order valence-electron chi connectivity index (χ0n) is 12.4. The largest absolute Gasteiger partial charge is 0.394 e. The first-order chi connectivity index (χ1) is 11.2. The van der Waals surface area contributed by atoms with Crippen molar-refractivity contribution in [3.05, 3.63) is 21.8 Å². The predicted octanol–water partition coefficient (Wildman–Crippen LogP) is 0.818. The van der Waals surface area contributed by atoms with Crippen molar-refractivity contribution in [2.24, 2.45) is 0 Å². The molecule has 0 heterocycles. The van der Waals surface area contributed by atoms with Crippen molar-refractivity contribution >= 4 is 85.3 Å². The van der Waals surface area contributed by atoms with E-state index in [0.717, 1.165) is 0 Å². The second-order valence-electron chi connectivity index (χ2n) is 4.68. The van der Waals surface area contributed by atoms with Gasteiger partial charge in [-0.05, 0) is 67.8 Å². The van der Waals surface area contributed by atoms with Gasteiger partial charge in [0.25, 0.3) is 5.91 Å². The Labute approximate surface area is 179 Å². The zero-order chi connectivity index (χ0) is 18.6. The van der Waals surface area contributed by atoms with E-state index in [4.69, 9.17) is 5.11 Å². The Hall–Kier alpha value is 0.190. The Morgan fingerprint density at radius 1 is 1.17 bits per heavy atom. The van der Waals surface area contributed by atoms with E-state index in [2.05, 4.69) is 5.32 Å². The number of halogens is 3. The maximum Gasteiger partial charge on any atom is 0.253 e. The molecule has 1 rings (SSSR count). The summed E-state index contributed by atoms with van der Waals surface area (Å²) >= 11 is 5.63. The number of aliphatic hydroxyl groups excluding tert-OH is 3. The quantitative estimate of drug-likeness (QED) is 0.173. The Morgan fingerprint density at radius 3 is 2.21 bits per heavy atom. The highest BCUT2D eigenvalue weighted by atomic mass is 127. The SMILES string of the molecule is CC(=O)N(O)c1c(I)c(CO)c(I)c(C(=O)NCC(O)CO)c1I. The van der Waals surface area contributed by atoms with Gasteiger partial charge in [-0.1, -0.05) is 0 Å². The Kier molecular flexibility index (Phi) is 9.05. The number of anilines is 1. The fourth-order valence-corrected chi connectivity index (χ4v) is 6.20. The van der Waals surface area contributed by atoms with E-state index in [1.807, 2.05) is 67.8 Å². The minimum absolute atomic E-state index is 0.112. The molecule has 0 radical (unpaired) electrons. The van der Waals surface area contributed by atoms with Crippen LogP contribution in [0.15, 0.2) is 0 Å². The molecule has 0 saturated carbocycles. The molecule has 0 aliphatic rings. The molecule has 134 valence electrons. The molecule has 5 N–H and O–H groups in total. The van der Waals surface area contributed by atoms with Gasteiger partial charge in [-0.25, -0.2) is 0 Å². The highest BCUT2D eigenvalue weighted by molar-refractivity contribution is 14.1. The van der Waals surface area contributed by atoms with Gasteiger partial charge in [-0.2, -0.15) is 5.06 Å². The molecule has 1 atom stereocenters. The van der Waals surface area contributed by atoms with Gasteiger partial charge >= 0.3 is 0 Å². The van der Waals surface area contributed by atoms with E-state index < -0.39 is 24.5 Å². The van der Waals surface area contributed by atoms with E-state index in [1.54, 1.807) is 0 Å². The average molecular weight is 676 g/mol. The second kappa shape index (κ2) is 9.77. The molecule has 0 aromatic heterocycles. The van der Waals surface area contributed by atoms with Crippen molar-refractivity contribution < 1.29 is 30.1 Å². The summed E-state index contributed by atoms with van der Waals surface area (Å²) < 4.78 is 1.25. The minimum Gasteiger partial charge on any atom is -0.394 e. The number of amides is 2. The van der Waals surface area contributed by atoms with Crippen LogP contribution in [-0.4, -0.2) is 51.6 Å². The van der Waals surface area contributed by atoms with E-state index in [0.29, 0.717) is 21.3 Å². The predicted molar refractivity (Wildman–Crippen MR) is 111 cm³/mol. The molecule has 1 aromatic rings. The lowest BCUT2D eigenvalue weighted by atomic mass is 10.1. The third-order valence-corrected chi connectivity index (χ3v) is 6.39. The van der Waals surface area contributed by atoms with Crippen LogP contribution >= 0.6 is 67.8 Å². The summed E-state index contributed by atoms with van der Waals surface area (Å²) in [5, 5.41) is 40.7. The van der Waals surface area contributed by atoms with Gasteiger partial charge in [-0.15, -0.1) is 0 Å². The van der Waals surface area contributed by atoms with Crippen molar-refractivity contribution in [3.63, 3.8) is 0 Å². The fraction of sp³-hybridized carbons (Fsp3) is 0.385. The van der Waals surface area contributed by atoms with Crippen LogP contribution < -0.4 is 10.4 Å². The maximum absolute atomic E-state index is 12.4. The van der Waals surface area contributed by atoms with Gasteiger partial charge in [0, 0.05) is 26.2 Å². The van der Waals surface area contributed by atoms with Crippen LogP contribution in [0.1, 0.15) is 22.8 Å². The van der Waals surface area contributed by atoms with Crippen LogP contribution in [0, 0.1) is 10.7 Å². The zero-order valence-corrected chi connectivity index (χ0v) is 18.9. The van der Waals surface area contributed by atoms with Gasteiger partial charge in [0.2, 0.25) is 5.91 Å². The summed E-state index contributed by atoms with van der Waals surface area (Å²) in [5.41, 5.74) is 0.682. The number of hydrogen-bond donors (Lipinski definition) is 5. The van der Waals surface area contributed by atoms with Crippen LogP contribution in [0.2, 0.25) is 0 Å². The van der Waals surface area contributed by atoms with Gasteiger partial charge in [0.05, 0.1) is 28.5 Å². The lowest BCUT2D eigenvalue weighted by Crippen LogP contribution is -2.35. The second-order valence-corrected chi connectivity index (χ2v) is 7.92. The highest BCUT2D eigenvalue weighted by Gasteiger charge is 2.28. The van der Waals surface area contributed by atoms with Crippen LogP contribution in [0.5, 0.6) is 0 Å². The van der Waals surface area contributed by atoms with Gasteiger partial charge in [-0.3, -0.25) is 14.8 Å². The Bertz CT molecular complexity index is 655. The van der Waals surface area contributed by atoms with E-state index in [9.17, 15) is 25.0 Å². The number of nitrogens with one attached hydrogen (secondary N) is 1. The normalized spacial score (nSPS) is 12.0. The number of rotatable bonds is 6. The molecule has 11 heteroatoms. The molecule has 0 aliphatic heterocycles. The van der Waals surface area contributed by atoms with Crippen molar-refractivity contribution in [3.8, 4) is 0 Å². The summed E-state index contributed by atoms with van der Waals surface area (Å²) in [5.74, 6) is -1.20. The topological polar surface area (TPSA) is 130 Å². The Morgan fingerprint density at radius 2 is 1.75 bits per heavy atom. The summed E-state index contributed by atoms with van der Waals surface area (Å²) in [6, 6.07) is 0. The first-order valence-corrected chi connectivity index (χ1v) is 9.77. The van der Waals surface area contributed by atoms with Crippen molar-refractivity contribution in [2.45, 2.75) is 19.6 Å². The standard InChI is InChI=1S/C13H15I3N2O6/c1-5(21)18(24)12-10(15)7(4-20)9(14)8(11(12)16)13(23)17-2-6(22)3-19/h6,19-20,22,24H,2-4H2,1H3,(H,17,23). The molecule has 2 amide bonds. The van der Waals surface area contributed by atoms with Gasteiger partial charge in [0.15, 0.2) is 0 Å². The molecular weight excluding hydrogens is 661 g/mol. The van der Waals surface area contributed by atoms with Crippen LogP contribution in [-0.2, 0) is 11.4 Å².